The Bertz CT molecular complexity index is 2100. The number of aliphatic hydroxyl groups is 1. The first kappa shape index (κ1) is 59.6. The highest BCUT2D eigenvalue weighted by atomic mass is 32.1. The van der Waals surface area contributed by atoms with Gasteiger partial charge < -0.3 is 63.0 Å². The molecule has 9 atom stereocenters. The van der Waals surface area contributed by atoms with Gasteiger partial charge in [-0.05, 0) is 55.4 Å². The van der Waals surface area contributed by atoms with Gasteiger partial charge in [-0.2, -0.15) is 25.3 Å². The summed E-state index contributed by atoms with van der Waals surface area (Å²) in [5.41, 5.74) is 6.86. The van der Waals surface area contributed by atoms with Crippen LogP contribution in [0.5, 0.6) is 0 Å². The third-order valence-electron chi connectivity index (χ3n) is 11.5. The molecule has 2 heterocycles. The summed E-state index contributed by atoms with van der Waals surface area (Å²) in [7, 11) is 0. The van der Waals surface area contributed by atoms with E-state index >= 15 is 0 Å². The first-order valence-corrected chi connectivity index (χ1v) is 25.1. The minimum absolute atomic E-state index is 0.0151. The zero-order chi connectivity index (χ0) is 52.9. The van der Waals surface area contributed by atoms with Crippen LogP contribution in [0.1, 0.15) is 84.9 Å². The lowest BCUT2D eigenvalue weighted by Crippen LogP contribution is -2.61. The third-order valence-corrected chi connectivity index (χ3v) is 12.3. The Hall–Kier alpha value is -5.72. The van der Waals surface area contributed by atoms with E-state index in [0.717, 1.165) is 0 Å². The smallest absolute Gasteiger partial charge is 0.327 e. The van der Waals surface area contributed by atoms with E-state index in [1.807, 2.05) is 41.5 Å². The number of carbonyl (C=O) groups excluding carboxylic acids is 8. The molecule has 394 valence electrons. The highest BCUT2D eigenvalue weighted by molar-refractivity contribution is 7.80. The molecule has 0 saturated carbocycles. The lowest BCUT2D eigenvalue weighted by molar-refractivity contribution is -0.143. The van der Waals surface area contributed by atoms with Crippen molar-refractivity contribution < 1.29 is 53.4 Å². The molecule has 0 spiro atoms. The Morgan fingerprint density at radius 1 is 0.662 bits per heavy atom. The van der Waals surface area contributed by atoms with Crippen molar-refractivity contribution in [3.63, 3.8) is 0 Å². The van der Waals surface area contributed by atoms with E-state index in [1.165, 1.54) is 17.4 Å². The van der Waals surface area contributed by atoms with Crippen LogP contribution in [-0.4, -0.2) is 157 Å². The SMILES string of the molecule is CC(C)C[C@H](NC(=O)[C@H](CC(C)C)NC(=O)[C@H](Cc1cnc[nH]1)NC(=O)[C@H](CC(C)C)NC(=O)[C@H](Cc1ccccc1)NC(=O)[C@@H]1CCCN1C(=O)[C@H](CO)NC(=O)[C@@H](N)CS)C(=O)N[C@@H](CS)C(=O)O. The van der Waals surface area contributed by atoms with Crippen LogP contribution >= 0.6 is 25.3 Å². The molecule has 2 aromatic rings. The molecule has 0 aliphatic carbocycles. The number of thiol groups is 2. The number of benzene rings is 1. The molecule has 0 bridgehead atoms. The van der Waals surface area contributed by atoms with E-state index in [-0.39, 0.29) is 74.3 Å². The molecule has 12 N–H and O–H groups in total. The van der Waals surface area contributed by atoms with Gasteiger partial charge in [0.2, 0.25) is 47.3 Å². The van der Waals surface area contributed by atoms with Gasteiger partial charge in [0.05, 0.1) is 19.0 Å². The highest BCUT2D eigenvalue weighted by Gasteiger charge is 2.40. The Kier molecular flexibility index (Phi) is 24.8. The number of hydrogen-bond acceptors (Lipinski definition) is 14. The number of carboxylic acid groups (broad SMARTS) is 1. The molecule has 71 heavy (non-hydrogen) atoms. The van der Waals surface area contributed by atoms with Crippen molar-refractivity contribution >= 4 is 78.5 Å². The predicted octanol–water partition coefficient (Wildman–Crippen LogP) is -1.02. The molecule has 22 nitrogen and oxygen atoms in total. The Labute approximate surface area is 425 Å². The number of imidazole rings is 1. The van der Waals surface area contributed by atoms with E-state index in [1.54, 1.807) is 30.3 Å². The van der Waals surface area contributed by atoms with E-state index in [9.17, 15) is 53.4 Å². The zero-order valence-electron chi connectivity index (χ0n) is 41.2. The number of carbonyl (C=O) groups is 9. The van der Waals surface area contributed by atoms with Crippen molar-refractivity contribution in [1.29, 1.82) is 0 Å². The number of nitrogens with one attached hydrogen (secondary N) is 8. The minimum Gasteiger partial charge on any atom is -0.480 e. The van der Waals surface area contributed by atoms with Gasteiger partial charge in [-0.1, -0.05) is 71.9 Å². The molecule has 1 aliphatic heterocycles. The van der Waals surface area contributed by atoms with Crippen molar-refractivity contribution in [2.75, 3.05) is 24.7 Å². The summed E-state index contributed by atoms with van der Waals surface area (Å²) >= 11 is 8.02. The molecular weight excluding hydrogens is 959 g/mol. The van der Waals surface area contributed by atoms with Crippen molar-refractivity contribution in [1.82, 2.24) is 52.1 Å². The maximum Gasteiger partial charge on any atom is 0.327 e. The van der Waals surface area contributed by atoms with Crippen LogP contribution in [0.25, 0.3) is 0 Å². The topological polar surface area (TPSA) is 336 Å². The number of hydrogen-bond donors (Lipinski definition) is 13. The molecule has 1 aromatic heterocycles. The number of likely N-dealkylation sites (tertiary alicyclic amines) is 1. The molecule has 0 radical (unpaired) electrons. The number of nitrogens with two attached hydrogens (primary N) is 1. The van der Waals surface area contributed by atoms with Crippen LogP contribution in [0.15, 0.2) is 42.9 Å². The summed E-state index contributed by atoms with van der Waals surface area (Å²) in [4.78, 5) is 130. The fourth-order valence-electron chi connectivity index (χ4n) is 7.86. The van der Waals surface area contributed by atoms with Gasteiger partial charge in [0.1, 0.15) is 48.3 Å². The molecule has 1 aromatic carbocycles. The quantitative estimate of drug-likeness (QED) is 0.0435. The fraction of sp³-hybridized carbons (Fsp3) is 0.617. The first-order valence-electron chi connectivity index (χ1n) is 23.8. The molecule has 24 heteroatoms. The van der Waals surface area contributed by atoms with Crippen LogP contribution in [0, 0.1) is 17.8 Å². The van der Waals surface area contributed by atoms with Crippen molar-refractivity contribution in [3.8, 4) is 0 Å². The van der Waals surface area contributed by atoms with Gasteiger partial charge in [0.15, 0.2) is 0 Å². The molecule has 1 saturated heterocycles. The third kappa shape index (κ3) is 19.4. The number of aliphatic carboxylic acids is 1. The largest absolute Gasteiger partial charge is 0.480 e. The monoisotopic (exact) mass is 1030 g/mol. The summed E-state index contributed by atoms with van der Waals surface area (Å²) in [6.45, 7) is 10.3. The molecule has 1 aliphatic rings. The summed E-state index contributed by atoms with van der Waals surface area (Å²) in [6.07, 6.45) is 3.68. The van der Waals surface area contributed by atoms with Crippen LogP contribution in [0.4, 0.5) is 0 Å². The summed E-state index contributed by atoms with van der Waals surface area (Å²) in [5.74, 6) is -7.78. The molecule has 1 fully saturated rings. The van der Waals surface area contributed by atoms with Crippen molar-refractivity contribution in [2.45, 2.75) is 141 Å². The Morgan fingerprint density at radius 2 is 1.13 bits per heavy atom. The van der Waals surface area contributed by atoms with Crippen LogP contribution in [0.3, 0.4) is 0 Å². The van der Waals surface area contributed by atoms with Crippen LogP contribution in [0.2, 0.25) is 0 Å². The second-order valence-corrected chi connectivity index (χ2v) is 19.7. The molecule has 8 amide bonds. The maximum absolute atomic E-state index is 14.4. The number of rotatable bonds is 29. The normalized spacial score (nSPS) is 16.9. The summed E-state index contributed by atoms with van der Waals surface area (Å²) < 4.78 is 0. The minimum atomic E-state index is -1.39. The second kappa shape index (κ2) is 29.6. The maximum atomic E-state index is 14.4. The van der Waals surface area contributed by atoms with Gasteiger partial charge in [-0.25, -0.2) is 9.78 Å². The zero-order valence-corrected chi connectivity index (χ0v) is 43.0. The van der Waals surface area contributed by atoms with E-state index in [0.29, 0.717) is 17.7 Å². The van der Waals surface area contributed by atoms with E-state index in [2.05, 4.69) is 72.4 Å². The number of aromatic amines is 1. The number of H-pyrrole nitrogens is 1. The molecular formula is C47H73N11O11S2. The van der Waals surface area contributed by atoms with E-state index in [4.69, 9.17) is 5.73 Å². The lowest BCUT2D eigenvalue weighted by atomic mass is 9.99. The van der Waals surface area contributed by atoms with Crippen molar-refractivity contribution in [2.24, 2.45) is 23.5 Å². The highest BCUT2D eigenvalue weighted by Crippen LogP contribution is 2.20. The van der Waals surface area contributed by atoms with Crippen molar-refractivity contribution in [3.05, 3.63) is 54.1 Å². The average molecular weight is 1030 g/mol. The van der Waals surface area contributed by atoms with Gasteiger partial charge in [-0.15, -0.1) is 0 Å². The number of carboxylic acids is 1. The second-order valence-electron chi connectivity index (χ2n) is 19.0. The standard InChI is InChI=1S/C47H73N11O11S2/c1-25(2)15-31(40(61)51-33(17-27(5)6)42(63)57-37(23-71)47(68)69)53-44(65)35(19-29-20-49-24-50-29)54-41(62)32(16-26(3)4)52-43(64)34(18-28-11-8-7-9-12-28)55-45(66)38-13-10-14-58(38)46(67)36(21-59)56-39(60)30(48)22-70/h7-9,11-12,20,24-27,30-38,59,70-71H,10,13-19,21-23,48H2,1-6H3,(H,49,50)(H,51,61)(H,52,64)(H,53,65)(H,54,62)(H,55,66)(H,56,60)(H,57,63)(H,68,69)/t30-,31-,32-,33-,34-,35-,36-,37-,38-/m0/s1. The van der Waals surface area contributed by atoms with Crippen LogP contribution in [-0.2, 0) is 56.0 Å². The van der Waals surface area contributed by atoms with Gasteiger partial charge >= 0.3 is 5.97 Å². The van der Waals surface area contributed by atoms with E-state index < -0.39 is 114 Å². The number of nitrogens with zero attached hydrogens (tertiary/aromatic N) is 2. The Morgan fingerprint density at radius 3 is 1.56 bits per heavy atom. The molecule has 0 unspecified atom stereocenters. The number of aromatic nitrogens is 2. The number of amides is 8. The van der Waals surface area contributed by atoms with Gasteiger partial charge in [0.25, 0.3) is 0 Å². The fourth-order valence-corrected chi connectivity index (χ4v) is 8.27. The summed E-state index contributed by atoms with van der Waals surface area (Å²) in [5, 5.41) is 38.1. The summed E-state index contributed by atoms with van der Waals surface area (Å²) in [6, 6.07) is -2.28. The predicted molar refractivity (Wildman–Crippen MR) is 269 cm³/mol. The molecule has 3 rings (SSSR count). The van der Waals surface area contributed by atoms with Crippen LogP contribution < -0.4 is 43.0 Å². The van der Waals surface area contributed by atoms with Gasteiger partial charge in [-0.3, -0.25) is 38.4 Å². The average Bonchev–Trinajstić information content (AvgIpc) is 4.04. The van der Waals surface area contributed by atoms with Gasteiger partial charge in [0, 0.05) is 42.8 Å². The number of aliphatic hydroxyl groups excluding tert-OH is 1. The Balaban J connectivity index is 1.90. The lowest BCUT2D eigenvalue weighted by Gasteiger charge is -2.30. The first-order chi connectivity index (χ1) is 33.6.